The molecule has 0 aromatic carbocycles. The predicted molar refractivity (Wildman–Crippen MR) is 121 cm³/mol. The Labute approximate surface area is 197 Å². The summed E-state index contributed by atoms with van der Waals surface area (Å²) in [7, 11) is -3.57. The average Bonchev–Trinajstić information content (AvgIpc) is 2.66. The van der Waals surface area contributed by atoms with E-state index in [0.717, 1.165) is 16.0 Å². The third-order valence-electron chi connectivity index (χ3n) is 3.19. The van der Waals surface area contributed by atoms with E-state index in [1.165, 1.54) is 0 Å². The minimum Gasteiger partial charge on any atom is -0.381 e. The molecule has 0 aliphatic carbocycles. The van der Waals surface area contributed by atoms with Crippen LogP contribution in [0.4, 0.5) is 0 Å². The summed E-state index contributed by atoms with van der Waals surface area (Å²) in [5.41, 5.74) is -0.542. The summed E-state index contributed by atoms with van der Waals surface area (Å²) in [6.07, 6.45) is 0.519. The van der Waals surface area contributed by atoms with Crippen LogP contribution in [0.25, 0.3) is 0 Å². The van der Waals surface area contributed by atoms with Crippen LogP contribution in [-0.4, -0.2) is 66.6 Å². The van der Waals surface area contributed by atoms with Gasteiger partial charge < -0.3 is 9.47 Å². The Morgan fingerprint density at radius 3 is 2.00 bits per heavy atom. The van der Waals surface area contributed by atoms with Crippen LogP contribution in [0.5, 0.6) is 0 Å². The maximum absolute atomic E-state index is 12.2. The SMILES string of the molecule is CCOP(=O)(OCC)OCC(Cl)COC(Cl)CCOCC(CBr)(CBr)CBr. The van der Waals surface area contributed by atoms with Gasteiger partial charge in [-0.25, -0.2) is 4.57 Å². The summed E-state index contributed by atoms with van der Waals surface area (Å²) in [5.74, 6) is 0. The minimum absolute atomic E-state index is 0.00367. The molecule has 2 unspecified atom stereocenters. The van der Waals surface area contributed by atoms with Crippen molar-refractivity contribution in [1.82, 2.24) is 0 Å². The number of alkyl halides is 5. The first-order valence-corrected chi connectivity index (χ1v) is 14.2. The highest BCUT2D eigenvalue weighted by Crippen LogP contribution is 2.49. The van der Waals surface area contributed by atoms with Crippen LogP contribution < -0.4 is 0 Å². The summed E-state index contributed by atoms with van der Waals surface area (Å²) in [5, 5.41) is 1.92. The van der Waals surface area contributed by atoms with Gasteiger partial charge in [-0.1, -0.05) is 59.4 Å². The zero-order chi connectivity index (χ0) is 20.8. The number of ether oxygens (including phenoxy) is 2. The van der Waals surface area contributed by atoms with Crippen LogP contribution in [0, 0.1) is 5.41 Å². The molecule has 164 valence electrons. The van der Waals surface area contributed by atoms with E-state index in [2.05, 4.69) is 47.8 Å². The lowest BCUT2D eigenvalue weighted by Gasteiger charge is -2.27. The van der Waals surface area contributed by atoms with Gasteiger partial charge in [0.25, 0.3) is 0 Å². The second kappa shape index (κ2) is 16.7. The average molecular weight is 646 g/mol. The van der Waals surface area contributed by atoms with E-state index in [1.54, 1.807) is 13.8 Å². The molecule has 2 atom stereocenters. The van der Waals surface area contributed by atoms with Crippen molar-refractivity contribution in [2.75, 3.05) is 55.6 Å². The Kier molecular flexibility index (Phi) is 18.0. The van der Waals surface area contributed by atoms with Crippen molar-refractivity contribution >= 4 is 78.8 Å². The Morgan fingerprint density at radius 1 is 0.963 bits per heavy atom. The summed E-state index contributed by atoms with van der Waals surface area (Å²) in [6.45, 7) is 4.99. The summed E-state index contributed by atoms with van der Waals surface area (Å²) >= 11 is 22.8. The first-order valence-electron chi connectivity index (χ1n) is 8.49. The molecule has 0 heterocycles. The highest BCUT2D eigenvalue weighted by atomic mass is 79.9. The Bertz CT molecular complexity index is 403. The molecule has 0 amide bonds. The van der Waals surface area contributed by atoms with E-state index >= 15 is 0 Å². The van der Waals surface area contributed by atoms with Gasteiger partial charge in [-0.3, -0.25) is 13.6 Å². The topological polar surface area (TPSA) is 63.2 Å². The second-order valence-electron chi connectivity index (χ2n) is 5.66. The Balaban J connectivity index is 4.03. The fourth-order valence-corrected chi connectivity index (χ4v) is 6.50. The number of hydrogen-bond acceptors (Lipinski definition) is 6. The molecule has 0 aromatic heterocycles. The van der Waals surface area contributed by atoms with E-state index in [-0.39, 0.29) is 31.8 Å². The highest BCUT2D eigenvalue weighted by molar-refractivity contribution is 9.10. The van der Waals surface area contributed by atoms with Gasteiger partial charge in [-0.2, -0.15) is 0 Å². The summed E-state index contributed by atoms with van der Waals surface area (Å²) < 4.78 is 38.6. The van der Waals surface area contributed by atoms with Gasteiger partial charge in [0.2, 0.25) is 0 Å². The third kappa shape index (κ3) is 13.1. The molecule has 0 spiro atoms. The molecule has 0 rings (SSSR count). The Hall–Kier alpha value is 2.05. The molecule has 0 aromatic rings. The first-order chi connectivity index (χ1) is 12.8. The molecule has 6 nitrogen and oxygen atoms in total. The van der Waals surface area contributed by atoms with Crippen LogP contribution in [0.1, 0.15) is 20.3 Å². The number of rotatable bonds is 18. The maximum Gasteiger partial charge on any atom is 0.474 e. The lowest BCUT2D eigenvalue weighted by atomic mass is 9.98. The molecule has 0 saturated carbocycles. The van der Waals surface area contributed by atoms with Gasteiger partial charge >= 0.3 is 7.82 Å². The fourth-order valence-electron chi connectivity index (χ4n) is 1.63. The molecule has 0 fully saturated rings. The first kappa shape index (κ1) is 29.1. The van der Waals surface area contributed by atoms with E-state index in [4.69, 9.17) is 46.2 Å². The van der Waals surface area contributed by atoms with E-state index in [0.29, 0.717) is 19.6 Å². The van der Waals surface area contributed by atoms with Gasteiger partial charge in [0, 0.05) is 27.8 Å². The minimum atomic E-state index is -3.57. The van der Waals surface area contributed by atoms with E-state index < -0.39 is 18.8 Å². The number of phosphoric ester groups is 1. The molecule has 0 bridgehead atoms. The summed E-state index contributed by atoms with van der Waals surface area (Å²) in [4.78, 5) is 0. The zero-order valence-electron chi connectivity index (χ0n) is 15.5. The van der Waals surface area contributed by atoms with E-state index in [9.17, 15) is 4.57 Å². The van der Waals surface area contributed by atoms with Crippen LogP contribution >= 0.6 is 78.8 Å². The lowest BCUT2D eigenvalue weighted by molar-refractivity contribution is 0.0373. The van der Waals surface area contributed by atoms with Crippen molar-refractivity contribution in [1.29, 1.82) is 0 Å². The van der Waals surface area contributed by atoms with Crippen LogP contribution in [0.15, 0.2) is 0 Å². The molecule has 27 heavy (non-hydrogen) atoms. The zero-order valence-corrected chi connectivity index (χ0v) is 22.7. The van der Waals surface area contributed by atoms with Gasteiger partial charge in [0.15, 0.2) is 0 Å². The van der Waals surface area contributed by atoms with Crippen molar-refractivity contribution in [2.24, 2.45) is 5.41 Å². The summed E-state index contributed by atoms with van der Waals surface area (Å²) in [6, 6.07) is 0. The van der Waals surface area contributed by atoms with Crippen LogP contribution in [0.3, 0.4) is 0 Å². The van der Waals surface area contributed by atoms with E-state index in [1.807, 2.05) is 0 Å². The quantitative estimate of drug-likeness (QED) is 0.104. The van der Waals surface area contributed by atoms with Crippen molar-refractivity contribution in [3.05, 3.63) is 0 Å². The molecule has 12 heteroatoms. The van der Waals surface area contributed by atoms with Crippen LogP contribution in [-0.2, 0) is 27.6 Å². The third-order valence-corrected chi connectivity index (χ3v) is 8.97. The number of halogens is 5. The maximum atomic E-state index is 12.2. The molecular formula is C15H28Br3Cl2O6P. The molecule has 0 N–H and O–H groups in total. The van der Waals surface area contributed by atoms with Crippen molar-refractivity contribution in [3.63, 3.8) is 0 Å². The highest BCUT2D eigenvalue weighted by Gasteiger charge is 2.28. The fraction of sp³-hybridized carbons (Fsp3) is 1.00. The van der Waals surface area contributed by atoms with Crippen molar-refractivity contribution < 1.29 is 27.6 Å². The number of hydrogen-bond donors (Lipinski definition) is 0. The van der Waals surface area contributed by atoms with Gasteiger partial charge in [-0.05, 0) is 13.8 Å². The van der Waals surface area contributed by atoms with Gasteiger partial charge in [0.05, 0.1) is 45.0 Å². The molecule has 0 saturated heterocycles. The molecule has 0 aliphatic rings. The smallest absolute Gasteiger partial charge is 0.381 e. The van der Waals surface area contributed by atoms with Crippen molar-refractivity contribution in [2.45, 2.75) is 31.2 Å². The monoisotopic (exact) mass is 642 g/mol. The normalized spacial score (nSPS) is 15.1. The molecule has 0 radical (unpaired) electrons. The van der Waals surface area contributed by atoms with Gasteiger partial charge in [-0.15, -0.1) is 11.6 Å². The van der Waals surface area contributed by atoms with Crippen LogP contribution in [0.2, 0.25) is 0 Å². The lowest BCUT2D eigenvalue weighted by Crippen LogP contribution is -2.33. The standard InChI is InChI=1S/C15H28Br3Cl2O6P/c1-3-24-27(21,25-4-2)26-8-13(19)7-23-14(20)5-6-22-12-15(9-16,10-17)11-18/h13-14H,3-12H2,1-2H3. The molecule has 0 aliphatic heterocycles. The molecular weight excluding hydrogens is 618 g/mol. The second-order valence-corrected chi connectivity index (χ2v) is 10.1. The number of phosphoric acid groups is 1. The van der Waals surface area contributed by atoms with Gasteiger partial charge in [0.1, 0.15) is 5.56 Å². The Morgan fingerprint density at radius 2 is 1.52 bits per heavy atom. The largest absolute Gasteiger partial charge is 0.474 e. The van der Waals surface area contributed by atoms with Crippen molar-refractivity contribution in [3.8, 4) is 0 Å². The predicted octanol–water partition coefficient (Wildman–Crippen LogP) is 5.95.